The Morgan fingerprint density at radius 1 is 0.933 bits per heavy atom. The van der Waals surface area contributed by atoms with Crippen molar-refractivity contribution < 1.29 is 30.5 Å². The fourth-order valence-electron chi connectivity index (χ4n) is 0.835. The molecule has 0 saturated carbocycles. The van der Waals surface area contributed by atoms with Crippen molar-refractivity contribution in [3.8, 4) is 0 Å². The number of thiol groups is 1. The second kappa shape index (κ2) is 3.65. The summed E-state index contributed by atoms with van der Waals surface area (Å²) in [6, 6.07) is 0. The molecule has 84 valence electrons. The Bertz CT molecular complexity index is 497. The third-order valence-corrected chi connectivity index (χ3v) is 2.93. The van der Waals surface area contributed by atoms with E-state index < -0.39 is 43.2 Å². The molecule has 15 heavy (non-hydrogen) atoms. The first kappa shape index (κ1) is 12.3. The van der Waals surface area contributed by atoms with E-state index in [0.29, 0.717) is 0 Å². The minimum absolute atomic E-state index is 1.33. The molecule has 1 aromatic carbocycles. The lowest BCUT2D eigenvalue weighted by atomic mass is 10.3. The van der Waals surface area contributed by atoms with Crippen molar-refractivity contribution in [2.75, 3.05) is 0 Å². The molecule has 0 heterocycles. The van der Waals surface area contributed by atoms with Crippen molar-refractivity contribution in [2.45, 2.75) is 9.79 Å². The van der Waals surface area contributed by atoms with Crippen LogP contribution in [0.1, 0.15) is 0 Å². The summed E-state index contributed by atoms with van der Waals surface area (Å²) in [6.07, 6.45) is 0. The average molecular weight is 262 g/mol. The van der Waals surface area contributed by atoms with Gasteiger partial charge in [0.1, 0.15) is 4.90 Å². The largest absolute Gasteiger partial charge is 0.298 e. The van der Waals surface area contributed by atoms with E-state index in [1.54, 1.807) is 0 Å². The Kier molecular flexibility index (Phi) is 2.99. The fraction of sp³-hybridized carbons (Fsp3) is 0. The van der Waals surface area contributed by atoms with Gasteiger partial charge in [0.15, 0.2) is 23.3 Å². The molecule has 1 N–H and O–H groups in total. The van der Waals surface area contributed by atoms with E-state index in [4.69, 9.17) is 4.55 Å². The van der Waals surface area contributed by atoms with E-state index >= 15 is 0 Å². The molecular formula is C6H2F4O3S2. The molecular weight excluding hydrogens is 260 g/mol. The molecule has 0 aliphatic heterocycles. The predicted molar refractivity (Wildman–Crippen MR) is 43.3 cm³/mol. The zero-order valence-corrected chi connectivity index (χ0v) is 8.34. The maximum absolute atomic E-state index is 12.8. The van der Waals surface area contributed by atoms with Crippen molar-refractivity contribution in [1.29, 1.82) is 0 Å². The van der Waals surface area contributed by atoms with E-state index in [-0.39, 0.29) is 0 Å². The topological polar surface area (TPSA) is 54.4 Å². The van der Waals surface area contributed by atoms with Gasteiger partial charge in [-0.1, -0.05) is 0 Å². The Hall–Kier alpha value is -0.800. The first-order valence-electron chi connectivity index (χ1n) is 3.20. The van der Waals surface area contributed by atoms with Gasteiger partial charge in [-0.15, -0.1) is 12.6 Å². The van der Waals surface area contributed by atoms with Crippen molar-refractivity contribution in [1.82, 2.24) is 0 Å². The van der Waals surface area contributed by atoms with Crippen LogP contribution in [-0.4, -0.2) is 13.0 Å². The Balaban J connectivity index is 3.84. The summed E-state index contributed by atoms with van der Waals surface area (Å²) in [5.74, 6) is -8.76. The molecule has 1 aromatic rings. The molecule has 0 saturated heterocycles. The van der Waals surface area contributed by atoms with Gasteiger partial charge in [-0.05, 0) is 0 Å². The van der Waals surface area contributed by atoms with Gasteiger partial charge in [0, 0.05) is 0 Å². The van der Waals surface area contributed by atoms with Crippen LogP contribution >= 0.6 is 12.6 Å². The van der Waals surface area contributed by atoms with Gasteiger partial charge in [-0.2, -0.15) is 8.42 Å². The molecule has 0 amide bonds. The second-order valence-electron chi connectivity index (χ2n) is 2.41. The Labute approximate surface area is 86.9 Å². The normalized spacial score (nSPS) is 11.9. The van der Waals surface area contributed by atoms with Crippen LogP contribution in [0.15, 0.2) is 9.79 Å². The maximum Gasteiger partial charge on any atom is 0.298 e. The first-order valence-corrected chi connectivity index (χ1v) is 5.09. The minimum Gasteiger partial charge on any atom is -0.282 e. The summed E-state index contributed by atoms with van der Waals surface area (Å²) in [6.45, 7) is 0. The number of hydrogen-bond acceptors (Lipinski definition) is 3. The lowest BCUT2D eigenvalue weighted by Crippen LogP contribution is -2.09. The zero-order valence-electron chi connectivity index (χ0n) is 6.63. The van der Waals surface area contributed by atoms with E-state index in [1.165, 1.54) is 0 Å². The fourth-order valence-corrected chi connectivity index (χ4v) is 2.03. The second-order valence-corrected chi connectivity index (χ2v) is 4.21. The van der Waals surface area contributed by atoms with Crippen LogP contribution in [0.5, 0.6) is 0 Å². The van der Waals surface area contributed by atoms with Crippen molar-refractivity contribution in [3.05, 3.63) is 23.3 Å². The molecule has 0 atom stereocenters. The minimum atomic E-state index is -5.22. The molecule has 0 radical (unpaired) electrons. The van der Waals surface area contributed by atoms with E-state index in [1.807, 2.05) is 0 Å². The van der Waals surface area contributed by atoms with Crippen LogP contribution < -0.4 is 0 Å². The van der Waals surface area contributed by atoms with Crippen molar-refractivity contribution in [2.24, 2.45) is 0 Å². The Morgan fingerprint density at radius 3 is 1.73 bits per heavy atom. The summed E-state index contributed by atoms with van der Waals surface area (Å²) in [7, 11) is -5.22. The van der Waals surface area contributed by atoms with Crippen LogP contribution in [0.3, 0.4) is 0 Å². The number of benzene rings is 1. The molecule has 0 bridgehead atoms. The maximum atomic E-state index is 12.8. The van der Waals surface area contributed by atoms with Gasteiger partial charge in [-0.3, -0.25) is 4.55 Å². The highest BCUT2D eigenvalue weighted by molar-refractivity contribution is 7.87. The summed E-state index contributed by atoms with van der Waals surface area (Å²) < 4.78 is 80.0. The summed E-state index contributed by atoms with van der Waals surface area (Å²) in [5.41, 5.74) is 0. The molecule has 3 nitrogen and oxygen atoms in total. The van der Waals surface area contributed by atoms with Crippen LogP contribution in [-0.2, 0) is 10.1 Å². The van der Waals surface area contributed by atoms with E-state index in [9.17, 15) is 26.0 Å². The van der Waals surface area contributed by atoms with Gasteiger partial charge in [0.05, 0.1) is 4.90 Å². The number of rotatable bonds is 1. The van der Waals surface area contributed by atoms with Gasteiger partial charge < -0.3 is 0 Å². The quantitative estimate of drug-likeness (QED) is 0.267. The van der Waals surface area contributed by atoms with Crippen molar-refractivity contribution in [3.63, 3.8) is 0 Å². The summed E-state index contributed by atoms with van der Waals surface area (Å²) in [4.78, 5) is -3.06. The van der Waals surface area contributed by atoms with E-state index in [2.05, 4.69) is 12.6 Å². The molecule has 9 heteroatoms. The Morgan fingerprint density at radius 2 is 1.33 bits per heavy atom. The highest BCUT2D eigenvalue weighted by Gasteiger charge is 2.30. The molecule has 1 rings (SSSR count). The van der Waals surface area contributed by atoms with Crippen LogP contribution in [0.2, 0.25) is 0 Å². The first-order chi connectivity index (χ1) is 6.68. The van der Waals surface area contributed by atoms with Gasteiger partial charge in [0.25, 0.3) is 10.1 Å². The van der Waals surface area contributed by atoms with Gasteiger partial charge in [-0.25, -0.2) is 17.6 Å². The molecule has 0 aromatic heterocycles. The summed E-state index contributed by atoms with van der Waals surface area (Å²) in [5, 5.41) is 0. The molecule has 0 aliphatic carbocycles. The molecule has 0 spiro atoms. The number of halogens is 4. The van der Waals surface area contributed by atoms with Gasteiger partial charge in [0.2, 0.25) is 0 Å². The molecule has 0 unspecified atom stereocenters. The number of hydrogen-bond donors (Lipinski definition) is 2. The third kappa shape index (κ3) is 1.94. The predicted octanol–water partition coefficient (Wildman–Crippen LogP) is 1.78. The van der Waals surface area contributed by atoms with Crippen LogP contribution in [0, 0.1) is 23.3 Å². The highest BCUT2D eigenvalue weighted by atomic mass is 32.2. The van der Waals surface area contributed by atoms with Crippen molar-refractivity contribution >= 4 is 22.7 Å². The highest BCUT2D eigenvalue weighted by Crippen LogP contribution is 2.29. The molecule has 0 fully saturated rings. The van der Waals surface area contributed by atoms with Gasteiger partial charge >= 0.3 is 0 Å². The lowest BCUT2D eigenvalue weighted by molar-refractivity contribution is 0.376. The third-order valence-electron chi connectivity index (χ3n) is 1.46. The monoisotopic (exact) mass is 262 g/mol. The lowest BCUT2D eigenvalue weighted by Gasteiger charge is -2.06. The standard InChI is InChI=1S/C6H2F4O3S2/c7-1-2(8)4(10)6(15(11,12)13)5(14)3(1)9/h14H,(H,11,12,13). The smallest absolute Gasteiger partial charge is 0.282 e. The zero-order chi connectivity index (χ0) is 12.0. The van der Waals surface area contributed by atoms with Crippen LogP contribution in [0.25, 0.3) is 0 Å². The average Bonchev–Trinajstić information content (AvgIpc) is 2.09. The molecule has 0 aliphatic rings. The SMILES string of the molecule is O=S(=O)(O)c1c(F)c(F)c(F)c(F)c1S. The van der Waals surface area contributed by atoms with E-state index in [0.717, 1.165) is 0 Å². The van der Waals surface area contributed by atoms with Crippen LogP contribution in [0.4, 0.5) is 17.6 Å². The summed E-state index contributed by atoms with van der Waals surface area (Å²) >= 11 is 3.13.